The van der Waals surface area contributed by atoms with Crippen LogP contribution in [0.5, 0.6) is 0 Å². The number of hydrogen-bond donors (Lipinski definition) is 0. The summed E-state index contributed by atoms with van der Waals surface area (Å²) < 4.78 is 1.31. The fourth-order valence-electron chi connectivity index (χ4n) is 3.14. The predicted molar refractivity (Wildman–Crippen MR) is 147 cm³/mol. The van der Waals surface area contributed by atoms with Gasteiger partial charge in [-0.3, -0.25) is 0 Å². The molecule has 2 atom stereocenters. The largest absolute Gasteiger partial charge is 0.0622 e. The zero-order valence-electron chi connectivity index (χ0n) is 19.1. The summed E-state index contributed by atoms with van der Waals surface area (Å²) in [5.41, 5.74) is 0. The third-order valence-electron chi connectivity index (χ3n) is 3.79. The van der Waals surface area contributed by atoms with E-state index < -0.39 is 0 Å². The molecule has 0 aliphatic carbocycles. The van der Waals surface area contributed by atoms with Gasteiger partial charge >= 0.3 is 69.5 Å². The first-order valence-corrected chi connectivity index (χ1v) is 18.3. The van der Waals surface area contributed by atoms with E-state index in [0.29, 0.717) is 6.86 Å². The number of hydrogen-bond acceptors (Lipinski definition) is 0. The van der Waals surface area contributed by atoms with Crippen LogP contribution in [0.15, 0.2) is 91.0 Å². The molecule has 30 heavy (non-hydrogen) atoms. The first-order chi connectivity index (χ1) is 14.1. The van der Waals surface area contributed by atoms with Gasteiger partial charge in [-0.2, -0.15) is 0 Å². The minimum Gasteiger partial charge on any atom is -0.0622 e. The molecule has 0 bridgehead atoms. The van der Waals surface area contributed by atoms with Gasteiger partial charge in [-0.15, -0.1) is 0 Å². The fourth-order valence-corrected chi connectivity index (χ4v) is 18.7. The quantitative estimate of drug-likeness (QED) is 0.222. The normalized spacial score (nSPS) is 13.4. The molecule has 0 aromatic heterocycles. The standard InChI is InChI=1S/C18H17P3.2C4H9.Sn/c1-4-10-16(11-5-1)19-21(18-14-8-3-9-15-18)20-17-12-6-2-7-13-17;2*1-4(2)3;/h1-15,19-20H;2*1-3H3;. The van der Waals surface area contributed by atoms with E-state index in [1.54, 1.807) is 0 Å². The molecule has 0 N–H and O–H groups in total. The van der Waals surface area contributed by atoms with E-state index in [-0.39, 0.29) is 28.4 Å². The van der Waals surface area contributed by atoms with E-state index >= 15 is 0 Å². The van der Waals surface area contributed by atoms with Crippen molar-refractivity contribution in [3.05, 3.63) is 91.0 Å². The molecule has 4 heteroatoms. The van der Waals surface area contributed by atoms with Gasteiger partial charge in [0.15, 0.2) is 0 Å². The SMILES string of the molecule is C[C](C)(C)[Sn][C](C)(C)C.c1ccc(PP(Pc2ccccc2)c2ccccc2)cc1. The van der Waals surface area contributed by atoms with Crippen molar-refractivity contribution in [3.8, 4) is 0 Å². The van der Waals surface area contributed by atoms with Gasteiger partial charge in [0.05, 0.1) is 0 Å². The maximum atomic E-state index is 2.37. The minimum absolute atomic E-state index is 0.153. The Hall–Kier alpha value is -0.251. The van der Waals surface area contributed by atoms with Gasteiger partial charge < -0.3 is 0 Å². The Labute approximate surface area is 199 Å². The van der Waals surface area contributed by atoms with Crippen molar-refractivity contribution in [2.45, 2.75) is 48.4 Å². The topological polar surface area (TPSA) is 0 Å². The monoisotopic (exact) mass is 560 g/mol. The molecule has 0 aliphatic rings. The minimum atomic E-state index is -0.182. The molecule has 2 radical (unpaired) electrons. The first kappa shape index (κ1) is 26.0. The maximum absolute atomic E-state index is 2.37. The molecule has 0 amide bonds. The Balaban J connectivity index is 0.000000303. The first-order valence-electron chi connectivity index (χ1n) is 10.4. The van der Waals surface area contributed by atoms with E-state index in [9.17, 15) is 0 Å². The Morgan fingerprint density at radius 2 is 0.867 bits per heavy atom. The summed E-state index contributed by atoms with van der Waals surface area (Å²) in [6, 6.07) is 32.8. The molecule has 158 valence electrons. The average molecular weight is 559 g/mol. The van der Waals surface area contributed by atoms with Crippen LogP contribution in [0.3, 0.4) is 0 Å². The number of benzene rings is 3. The zero-order chi connectivity index (χ0) is 22.0. The van der Waals surface area contributed by atoms with Gasteiger partial charge in [0.25, 0.3) is 0 Å². The summed E-state index contributed by atoms with van der Waals surface area (Å²) in [6.45, 7) is 14.2. The van der Waals surface area contributed by atoms with E-state index in [4.69, 9.17) is 0 Å². The van der Waals surface area contributed by atoms with Gasteiger partial charge in [0, 0.05) is 0 Å². The third-order valence-corrected chi connectivity index (χ3v) is 17.0. The molecule has 0 aliphatic heterocycles. The van der Waals surface area contributed by atoms with Crippen LogP contribution in [-0.4, -0.2) is 21.1 Å². The molecule has 0 heterocycles. The van der Waals surface area contributed by atoms with Crippen molar-refractivity contribution in [1.82, 2.24) is 0 Å². The summed E-state index contributed by atoms with van der Waals surface area (Å²) >= 11 is -0.182. The fraction of sp³-hybridized carbons (Fsp3) is 0.308. The molecule has 0 saturated carbocycles. The van der Waals surface area contributed by atoms with Gasteiger partial charge in [0.1, 0.15) is 0 Å². The van der Waals surface area contributed by atoms with Crippen LogP contribution in [0.1, 0.15) is 41.5 Å². The third kappa shape index (κ3) is 11.4. The van der Waals surface area contributed by atoms with Crippen LogP contribution < -0.4 is 15.9 Å². The van der Waals surface area contributed by atoms with Gasteiger partial charge in [-0.25, -0.2) is 0 Å². The van der Waals surface area contributed by atoms with E-state index in [0.717, 1.165) is 16.5 Å². The van der Waals surface area contributed by atoms with E-state index in [2.05, 4.69) is 133 Å². The van der Waals surface area contributed by atoms with Gasteiger partial charge in [-0.1, -0.05) is 108 Å². The second-order valence-corrected chi connectivity index (χ2v) is 26.7. The van der Waals surface area contributed by atoms with Gasteiger partial charge in [0.2, 0.25) is 0 Å². The molecule has 0 fully saturated rings. The van der Waals surface area contributed by atoms with Crippen molar-refractivity contribution in [2.75, 3.05) is 0 Å². The van der Waals surface area contributed by atoms with Crippen LogP contribution in [0.2, 0.25) is 6.86 Å². The Morgan fingerprint density at radius 1 is 0.533 bits per heavy atom. The Bertz CT molecular complexity index is 785. The van der Waals surface area contributed by atoms with E-state index in [1.807, 2.05) is 0 Å². The van der Waals surface area contributed by atoms with Crippen LogP contribution in [-0.2, 0) is 0 Å². The number of rotatable bonds is 5. The molecular formula is C26H35P3Sn. The molecular weight excluding hydrogens is 524 g/mol. The summed E-state index contributed by atoms with van der Waals surface area (Å²) in [6.07, 6.45) is 0. The van der Waals surface area contributed by atoms with Crippen LogP contribution >= 0.6 is 23.8 Å². The van der Waals surface area contributed by atoms with Crippen molar-refractivity contribution in [3.63, 3.8) is 0 Å². The van der Waals surface area contributed by atoms with Crippen LogP contribution in [0.4, 0.5) is 0 Å². The van der Waals surface area contributed by atoms with Crippen molar-refractivity contribution in [2.24, 2.45) is 0 Å². The molecule has 0 saturated heterocycles. The molecule has 3 aromatic rings. The van der Waals surface area contributed by atoms with Crippen molar-refractivity contribution >= 4 is 60.9 Å². The Kier molecular flexibility index (Phi) is 11.0. The van der Waals surface area contributed by atoms with Crippen LogP contribution in [0.25, 0.3) is 0 Å². The van der Waals surface area contributed by atoms with E-state index in [1.165, 1.54) is 15.9 Å². The van der Waals surface area contributed by atoms with Gasteiger partial charge in [-0.05, 0) is 23.2 Å². The van der Waals surface area contributed by atoms with Crippen molar-refractivity contribution in [1.29, 1.82) is 0 Å². The molecule has 0 spiro atoms. The second kappa shape index (κ2) is 12.7. The zero-order valence-corrected chi connectivity index (χ0v) is 24.9. The summed E-state index contributed by atoms with van der Waals surface area (Å²) in [7, 11) is 1.60. The second-order valence-electron chi connectivity index (χ2n) is 9.25. The summed E-state index contributed by atoms with van der Waals surface area (Å²) in [5, 5.41) is 4.45. The average Bonchev–Trinajstić information content (AvgIpc) is 2.67. The van der Waals surface area contributed by atoms with Crippen LogP contribution in [0, 0.1) is 0 Å². The molecule has 0 nitrogen and oxygen atoms in total. The smallest absolute Gasteiger partial charge is 0.0153 e. The summed E-state index contributed by atoms with van der Waals surface area (Å²) in [4.78, 5) is 0. The molecule has 3 rings (SSSR count). The Morgan fingerprint density at radius 3 is 1.17 bits per heavy atom. The maximum Gasteiger partial charge on any atom is -0.0153 e. The molecule has 3 aromatic carbocycles. The summed E-state index contributed by atoms with van der Waals surface area (Å²) in [5.74, 6) is 0. The van der Waals surface area contributed by atoms with Crippen molar-refractivity contribution < 1.29 is 0 Å². The molecule has 2 unspecified atom stereocenters. The predicted octanol–water partition coefficient (Wildman–Crippen LogP) is 7.76.